The molecule has 1 aromatic rings. The van der Waals surface area contributed by atoms with Gasteiger partial charge in [-0.1, -0.05) is 0 Å². The van der Waals surface area contributed by atoms with Crippen molar-refractivity contribution in [2.24, 2.45) is 5.92 Å². The summed E-state index contributed by atoms with van der Waals surface area (Å²) in [5.41, 5.74) is 0.396. The van der Waals surface area contributed by atoms with Crippen LogP contribution < -0.4 is 5.56 Å². The molecule has 2 aliphatic heterocycles. The zero-order chi connectivity index (χ0) is 15.5. The molecule has 1 aromatic heterocycles. The number of nitrogens with zero attached hydrogens (tertiary/aromatic N) is 2. The summed E-state index contributed by atoms with van der Waals surface area (Å²) in [6, 6.07) is 1.17. The number of carbonyl (C=O) groups is 1. The molecule has 0 saturated carbocycles. The molecule has 1 atom stereocenters. The molecule has 3 rings (SSSR count). The molecule has 0 unspecified atom stereocenters. The lowest BCUT2D eigenvalue weighted by molar-refractivity contribution is -0.147. The minimum atomic E-state index is -0.287. The molecule has 120 valence electrons. The summed E-state index contributed by atoms with van der Waals surface area (Å²) < 4.78 is 10.8. The molecule has 1 amide bonds. The molecular weight excluding hydrogens is 286 g/mol. The standard InChI is InChI=1S/C15H21N3O4/c1-10-16-12(8-14(19)17-10)13-9-22-7-4-18(13)15(20)11-2-5-21-6-3-11/h8,11,13H,2-7,9H2,1H3,(H,16,17,19)/t13-/m1/s1. The van der Waals surface area contributed by atoms with E-state index in [9.17, 15) is 9.59 Å². The second kappa shape index (κ2) is 6.58. The van der Waals surface area contributed by atoms with Gasteiger partial charge in [0.25, 0.3) is 5.56 Å². The third-order valence-electron chi connectivity index (χ3n) is 4.20. The zero-order valence-corrected chi connectivity index (χ0v) is 12.7. The van der Waals surface area contributed by atoms with Gasteiger partial charge >= 0.3 is 0 Å². The second-order valence-corrected chi connectivity index (χ2v) is 5.76. The maximum atomic E-state index is 12.8. The molecule has 22 heavy (non-hydrogen) atoms. The lowest BCUT2D eigenvalue weighted by Gasteiger charge is -2.38. The van der Waals surface area contributed by atoms with Crippen molar-refractivity contribution in [2.75, 3.05) is 33.0 Å². The third kappa shape index (κ3) is 3.20. The highest BCUT2D eigenvalue weighted by Crippen LogP contribution is 2.27. The number of hydrogen-bond donors (Lipinski definition) is 1. The summed E-state index contributed by atoms with van der Waals surface area (Å²) in [5.74, 6) is 0.667. The van der Waals surface area contributed by atoms with E-state index in [1.807, 2.05) is 4.90 Å². The van der Waals surface area contributed by atoms with Crippen molar-refractivity contribution in [3.63, 3.8) is 0 Å². The van der Waals surface area contributed by atoms with Gasteiger partial charge in [0.2, 0.25) is 5.91 Å². The Morgan fingerprint density at radius 3 is 2.82 bits per heavy atom. The Bertz CT molecular complexity index is 595. The minimum Gasteiger partial charge on any atom is -0.381 e. The number of ether oxygens (including phenoxy) is 2. The molecule has 7 nitrogen and oxygen atoms in total. The highest BCUT2D eigenvalue weighted by atomic mass is 16.5. The van der Waals surface area contributed by atoms with Crippen molar-refractivity contribution in [3.8, 4) is 0 Å². The van der Waals surface area contributed by atoms with Gasteiger partial charge in [-0.2, -0.15) is 0 Å². The van der Waals surface area contributed by atoms with E-state index >= 15 is 0 Å². The molecule has 0 spiro atoms. The van der Waals surface area contributed by atoms with E-state index in [2.05, 4.69) is 9.97 Å². The Hall–Kier alpha value is -1.73. The predicted octanol–water partition coefficient (Wildman–Crippen LogP) is 0.405. The lowest BCUT2D eigenvalue weighted by Crippen LogP contribution is -2.47. The first-order valence-corrected chi connectivity index (χ1v) is 7.69. The van der Waals surface area contributed by atoms with Crippen LogP contribution in [-0.4, -0.2) is 53.7 Å². The van der Waals surface area contributed by atoms with Crippen molar-refractivity contribution >= 4 is 5.91 Å². The van der Waals surface area contributed by atoms with Crippen LogP contribution in [0.5, 0.6) is 0 Å². The van der Waals surface area contributed by atoms with Crippen LogP contribution in [0.25, 0.3) is 0 Å². The summed E-state index contributed by atoms with van der Waals surface area (Å²) >= 11 is 0. The molecule has 1 N–H and O–H groups in total. The number of H-pyrrole nitrogens is 1. The van der Waals surface area contributed by atoms with Gasteiger partial charge in [-0.25, -0.2) is 4.98 Å². The summed E-state index contributed by atoms with van der Waals surface area (Å²) in [6.07, 6.45) is 1.51. The largest absolute Gasteiger partial charge is 0.381 e. The van der Waals surface area contributed by atoms with Crippen LogP contribution in [0.1, 0.15) is 30.4 Å². The van der Waals surface area contributed by atoms with E-state index in [1.54, 1.807) is 6.92 Å². The Morgan fingerprint density at radius 2 is 2.09 bits per heavy atom. The molecule has 0 aliphatic carbocycles. The second-order valence-electron chi connectivity index (χ2n) is 5.76. The quantitative estimate of drug-likeness (QED) is 0.855. The molecule has 0 bridgehead atoms. The molecule has 2 aliphatic rings. The fourth-order valence-corrected chi connectivity index (χ4v) is 3.06. The van der Waals surface area contributed by atoms with E-state index in [0.717, 1.165) is 12.8 Å². The zero-order valence-electron chi connectivity index (χ0n) is 12.7. The number of aromatic nitrogens is 2. The van der Waals surface area contributed by atoms with E-state index < -0.39 is 0 Å². The first-order valence-electron chi connectivity index (χ1n) is 7.69. The molecule has 2 saturated heterocycles. The van der Waals surface area contributed by atoms with E-state index in [4.69, 9.17) is 9.47 Å². The van der Waals surface area contributed by atoms with Gasteiger partial charge in [0.1, 0.15) is 5.82 Å². The number of rotatable bonds is 2. The number of morpholine rings is 1. The average Bonchev–Trinajstić information content (AvgIpc) is 2.54. The normalized spacial score (nSPS) is 23.5. The van der Waals surface area contributed by atoms with Crippen molar-refractivity contribution in [1.82, 2.24) is 14.9 Å². The number of nitrogens with one attached hydrogen (secondary N) is 1. The SMILES string of the molecule is Cc1nc([C@H]2COCCN2C(=O)C2CCOCC2)cc(=O)[nH]1. The molecule has 0 radical (unpaired) electrons. The summed E-state index contributed by atoms with van der Waals surface area (Å²) in [6.45, 7) is 4.44. The van der Waals surface area contributed by atoms with Crippen LogP contribution in [0.3, 0.4) is 0 Å². The Morgan fingerprint density at radius 1 is 1.32 bits per heavy atom. The van der Waals surface area contributed by atoms with Crippen LogP contribution in [0.2, 0.25) is 0 Å². The van der Waals surface area contributed by atoms with E-state index in [0.29, 0.717) is 44.5 Å². The van der Waals surface area contributed by atoms with Gasteiger partial charge in [-0.3, -0.25) is 9.59 Å². The maximum absolute atomic E-state index is 12.8. The predicted molar refractivity (Wildman–Crippen MR) is 78.4 cm³/mol. The Balaban J connectivity index is 1.84. The summed E-state index contributed by atoms with van der Waals surface area (Å²) in [7, 11) is 0. The van der Waals surface area contributed by atoms with Gasteiger partial charge < -0.3 is 19.4 Å². The maximum Gasteiger partial charge on any atom is 0.251 e. The van der Waals surface area contributed by atoms with Crippen LogP contribution in [-0.2, 0) is 14.3 Å². The van der Waals surface area contributed by atoms with E-state index in [-0.39, 0.29) is 23.4 Å². The minimum absolute atomic E-state index is 0.00237. The van der Waals surface area contributed by atoms with Gasteiger partial charge in [-0.15, -0.1) is 0 Å². The van der Waals surface area contributed by atoms with Crippen LogP contribution in [0, 0.1) is 12.8 Å². The van der Waals surface area contributed by atoms with Crippen molar-refractivity contribution in [1.29, 1.82) is 0 Å². The van der Waals surface area contributed by atoms with Crippen LogP contribution >= 0.6 is 0 Å². The van der Waals surface area contributed by atoms with Gasteiger partial charge in [0, 0.05) is 31.7 Å². The molecule has 7 heteroatoms. The number of aryl methyl sites for hydroxylation is 1. The lowest BCUT2D eigenvalue weighted by atomic mass is 9.97. The summed E-state index contributed by atoms with van der Waals surface area (Å²) in [4.78, 5) is 33.3. The third-order valence-corrected chi connectivity index (χ3v) is 4.20. The fourth-order valence-electron chi connectivity index (χ4n) is 3.06. The molecule has 2 fully saturated rings. The van der Waals surface area contributed by atoms with Crippen molar-refractivity contribution in [3.05, 3.63) is 27.9 Å². The monoisotopic (exact) mass is 307 g/mol. The highest BCUT2D eigenvalue weighted by Gasteiger charge is 2.34. The smallest absolute Gasteiger partial charge is 0.251 e. The topological polar surface area (TPSA) is 84.5 Å². The van der Waals surface area contributed by atoms with Crippen LogP contribution in [0.4, 0.5) is 0 Å². The number of hydrogen-bond acceptors (Lipinski definition) is 5. The highest BCUT2D eigenvalue weighted by molar-refractivity contribution is 5.79. The van der Waals surface area contributed by atoms with Gasteiger partial charge in [-0.05, 0) is 19.8 Å². The molecule has 3 heterocycles. The molecular formula is C15H21N3O4. The van der Waals surface area contributed by atoms with E-state index in [1.165, 1.54) is 6.07 Å². The first kappa shape index (κ1) is 15.2. The average molecular weight is 307 g/mol. The summed E-state index contributed by atoms with van der Waals surface area (Å²) in [5, 5.41) is 0. The van der Waals surface area contributed by atoms with Crippen molar-refractivity contribution in [2.45, 2.75) is 25.8 Å². The van der Waals surface area contributed by atoms with Gasteiger partial charge in [0.05, 0.1) is 24.9 Å². The Kier molecular flexibility index (Phi) is 4.54. The Labute approximate surface area is 128 Å². The fraction of sp³-hybridized carbons (Fsp3) is 0.667. The first-order chi connectivity index (χ1) is 10.6. The number of aromatic amines is 1. The van der Waals surface area contributed by atoms with Crippen molar-refractivity contribution < 1.29 is 14.3 Å². The van der Waals surface area contributed by atoms with Crippen LogP contribution in [0.15, 0.2) is 10.9 Å². The molecule has 0 aromatic carbocycles. The van der Waals surface area contributed by atoms with Gasteiger partial charge in [0.15, 0.2) is 0 Å². The number of carbonyl (C=O) groups excluding carboxylic acids is 1. The number of amides is 1.